The van der Waals surface area contributed by atoms with Gasteiger partial charge in [0.25, 0.3) is 0 Å². The van der Waals surface area contributed by atoms with Crippen LogP contribution in [0.15, 0.2) is 16.3 Å². The molecule has 1 heterocycles. The first-order chi connectivity index (χ1) is 8.38. The van der Waals surface area contributed by atoms with Crippen molar-refractivity contribution in [3.63, 3.8) is 0 Å². The number of rotatable bonds is 4. The molecule has 18 heavy (non-hydrogen) atoms. The van der Waals surface area contributed by atoms with E-state index in [0.717, 1.165) is 4.88 Å². The minimum absolute atomic E-state index is 0.265. The number of carboxylic acid groups (broad SMARTS) is 1. The lowest BCUT2D eigenvalue weighted by molar-refractivity contribution is -0.141. The summed E-state index contributed by atoms with van der Waals surface area (Å²) in [5.41, 5.74) is 0. The molecule has 5 nitrogen and oxygen atoms in total. The minimum atomic E-state index is -3.50. The van der Waals surface area contributed by atoms with Crippen LogP contribution in [0, 0.1) is 12.8 Å². The third kappa shape index (κ3) is 2.90. The molecule has 100 valence electrons. The van der Waals surface area contributed by atoms with E-state index in [-0.39, 0.29) is 6.04 Å². The number of sulfonamides is 1. The van der Waals surface area contributed by atoms with Crippen LogP contribution >= 0.6 is 11.3 Å². The molecule has 1 aliphatic carbocycles. The predicted molar refractivity (Wildman–Crippen MR) is 68.1 cm³/mol. The molecule has 2 N–H and O–H groups in total. The molecule has 2 atom stereocenters. The third-order valence-electron chi connectivity index (χ3n) is 3.08. The average molecular weight is 289 g/mol. The van der Waals surface area contributed by atoms with Crippen molar-refractivity contribution in [2.75, 3.05) is 0 Å². The van der Waals surface area contributed by atoms with E-state index in [9.17, 15) is 13.2 Å². The molecule has 7 heteroatoms. The molecule has 0 bridgehead atoms. The van der Waals surface area contributed by atoms with Crippen molar-refractivity contribution in [1.82, 2.24) is 4.72 Å². The predicted octanol–water partition coefficient (Wildman–Crippen LogP) is 1.59. The molecule has 0 aromatic carbocycles. The molecule has 0 aliphatic heterocycles. The normalized spacial score (nSPS) is 24.3. The molecule has 0 radical (unpaired) electrons. The van der Waals surface area contributed by atoms with E-state index in [1.165, 1.54) is 11.3 Å². The molecule has 0 unspecified atom stereocenters. The highest BCUT2D eigenvalue weighted by Gasteiger charge is 2.32. The second kappa shape index (κ2) is 4.99. The van der Waals surface area contributed by atoms with Gasteiger partial charge in [0, 0.05) is 10.9 Å². The molecule has 1 aromatic rings. The fourth-order valence-corrected chi connectivity index (χ4v) is 4.73. The van der Waals surface area contributed by atoms with Crippen molar-refractivity contribution in [3.8, 4) is 0 Å². The van der Waals surface area contributed by atoms with Crippen LogP contribution in [0.3, 0.4) is 0 Å². The second-order valence-electron chi connectivity index (χ2n) is 4.53. The average Bonchev–Trinajstić information content (AvgIpc) is 2.86. The fraction of sp³-hybridized carbons (Fsp3) is 0.545. The standard InChI is InChI=1S/C11H15NO4S2/c1-7-2-5-10(17-7)18(15,16)12-9-4-3-8(6-9)11(13)14/h2,5,8-9,12H,3-4,6H2,1H3,(H,13,14)/t8-,9+/m0/s1. The van der Waals surface area contributed by atoms with Crippen LogP contribution in [0.4, 0.5) is 0 Å². The molecular formula is C11H15NO4S2. The highest BCUT2D eigenvalue weighted by molar-refractivity contribution is 7.91. The Morgan fingerprint density at radius 2 is 2.17 bits per heavy atom. The number of carbonyl (C=O) groups is 1. The number of aliphatic carboxylic acids is 1. The molecule has 0 saturated heterocycles. The number of carboxylic acids is 1. The molecular weight excluding hydrogens is 274 g/mol. The van der Waals surface area contributed by atoms with Crippen LogP contribution < -0.4 is 4.72 Å². The Balaban J connectivity index is 2.04. The lowest BCUT2D eigenvalue weighted by Gasteiger charge is -2.11. The van der Waals surface area contributed by atoms with E-state index in [4.69, 9.17) is 5.11 Å². The van der Waals surface area contributed by atoms with Gasteiger partial charge in [0.2, 0.25) is 10.0 Å². The first-order valence-corrected chi connectivity index (χ1v) is 8.00. The summed E-state index contributed by atoms with van der Waals surface area (Å²) in [4.78, 5) is 11.7. The molecule has 2 rings (SSSR count). The zero-order valence-corrected chi connectivity index (χ0v) is 11.6. The lowest BCUT2D eigenvalue weighted by Crippen LogP contribution is -2.32. The van der Waals surface area contributed by atoms with Crippen LogP contribution in [-0.4, -0.2) is 25.5 Å². The van der Waals surface area contributed by atoms with Crippen LogP contribution in [-0.2, 0) is 14.8 Å². The van der Waals surface area contributed by atoms with Gasteiger partial charge < -0.3 is 5.11 Å². The summed E-state index contributed by atoms with van der Waals surface area (Å²) in [6.45, 7) is 1.85. The van der Waals surface area contributed by atoms with Gasteiger partial charge in [-0.05, 0) is 38.3 Å². The van der Waals surface area contributed by atoms with Crippen molar-refractivity contribution < 1.29 is 18.3 Å². The molecule has 1 aliphatic rings. The molecule has 0 spiro atoms. The third-order valence-corrected chi connectivity index (χ3v) is 6.10. The zero-order chi connectivity index (χ0) is 13.3. The number of aryl methyl sites for hydroxylation is 1. The molecule has 0 amide bonds. The van der Waals surface area contributed by atoms with E-state index in [2.05, 4.69) is 4.72 Å². The lowest BCUT2D eigenvalue weighted by atomic mass is 10.1. The summed E-state index contributed by atoms with van der Waals surface area (Å²) in [5.74, 6) is -1.27. The second-order valence-corrected chi connectivity index (χ2v) is 7.76. The quantitative estimate of drug-likeness (QED) is 0.881. The molecule has 1 saturated carbocycles. The van der Waals surface area contributed by atoms with Gasteiger partial charge in [0.15, 0.2) is 0 Å². The Labute approximate surface area is 110 Å². The van der Waals surface area contributed by atoms with Crippen LogP contribution in [0.1, 0.15) is 24.1 Å². The first kappa shape index (κ1) is 13.5. The largest absolute Gasteiger partial charge is 0.481 e. The maximum atomic E-state index is 12.0. The van der Waals surface area contributed by atoms with E-state index in [1.54, 1.807) is 12.1 Å². The smallest absolute Gasteiger partial charge is 0.306 e. The first-order valence-electron chi connectivity index (χ1n) is 5.70. The Morgan fingerprint density at radius 3 is 2.67 bits per heavy atom. The van der Waals surface area contributed by atoms with Crippen molar-refractivity contribution in [2.45, 2.75) is 36.4 Å². The summed E-state index contributed by atoms with van der Waals surface area (Å²) in [7, 11) is -3.50. The maximum absolute atomic E-state index is 12.0. The Hall–Kier alpha value is -0.920. The summed E-state index contributed by atoms with van der Waals surface area (Å²) in [6.07, 6.45) is 1.49. The summed E-state index contributed by atoms with van der Waals surface area (Å²) in [6, 6.07) is 3.07. The van der Waals surface area contributed by atoms with E-state index in [0.29, 0.717) is 23.5 Å². The number of hydrogen-bond donors (Lipinski definition) is 2. The Kier molecular flexibility index (Phi) is 3.74. The number of hydrogen-bond acceptors (Lipinski definition) is 4. The van der Waals surface area contributed by atoms with E-state index in [1.807, 2.05) is 6.92 Å². The number of nitrogens with one attached hydrogen (secondary N) is 1. The SMILES string of the molecule is Cc1ccc(S(=O)(=O)N[C@@H]2CC[C@H](C(=O)O)C2)s1. The van der Waals surface area contributed by atoms with Gasteiger partial charge in [-0.25, -0.2) is 13.1 Å². The van der Waals surface area contributed by atoms with Gasteiger partial charge in [-0.2, -0.15) is 0 Å². The van der Waals surface area contributed by atoms with E-state index >= 15 is 0 Å². The highest BCUT2D eigenvalue weighted by Crippen LogP contribution is 2.28. The van der Waals surface area contributed by atoms with Gasteiger partial charge in [-0.1, -0.05) is 0 Å². The van der Waals surface area contributed by atoms with Gasteiger partial charge in [0.05, 0.1) is 5.92 Å². The van der Waals surface area contributed by atoms with Crippen molar-refractivity contribution in [1.29, 1.82) is 0 Å². The van der Waals surface area contributed by atoms with Crippen LogP contribution in [0.25, 0.3) is 0 Å². The maximum Gasteiger partial charge on any atom is 0.306 e. The van der Waals surface area contributed by atoms with Gasteiger partial charge in [-0.3, -0.25) is 4.79 Å². The Morgan fingerprint density at radius 1 is 1.44 bits per heavy atom. The summed E-state index contributed by atoms with van der Waals surface area (Å²) < 4.78 is 26.9. The van der Waals surface area contributed by atoms with Crippen LogP contribution in [0.5, 0.6) is 0 Å². The van der Waals surface area contributed by atoms with Gasteiger partial charge in [0.1, 0.15) is 4.21 Å². The van der Waals surface area contributed by atoms with Crippen molar-refractivity contribution >= 4 is 27.3 Å². The minimum Gasteiger partial charge on any atom is -0.481 e. The molecule has 1 aromatic heterocycles. The van der Waals surface area contributed by atoms with Gasteiger partial charge in [-0.15, -0.1) is 11.3 Å². The highest BCUT2D eigenvalue weighted by atomic mass is 32.2. The number of thiophene rings is 1. The summed E-state index contributed by atoms with van der Waals surface area (Å²) in [5, 5.41) is 8.87. The Bertz CT molecular complexity index is 549. The summed E-state index contributed by atoms with van der Waals surface area (Å²) >= 11 is 1.22. The topological polar surface area (TPSA) is 83.5 Å². The fourth-order valence-electron chi connectivity index (χ4n) is 2.15. The van der Waals surface area contributed by atoms with E-state index < -0.39 is 21.9 Å². The van der Waals surface area contributed by atoms with Crippen LogP contribution in [0.2, 0.25) is 0 Å². The van der Waals surface area contributed by atoms with Crippen molar-refractivity contribution in [3.05, 3.63) is 17.0 Å². The van der Waals surface area contributed by atoms with Crippen molar-refractivity contribution in [2.24, 2.45) is 5.92 Å². The zero-order valence-electron chi connectivity index (χ0n) is 9.92. The van der Waals surface area contributed by atoms with Gasteiger partial charge >= 0.3 is 5.97 Å². The molecule has 1 fully saturated rings. The monoisotopic (exact) mass is 289 g/mol.